The zero-order valence-electron chi connectivity index (χ0n) is 10.1. The number of hydrogen-bond donors (Lipinski definition) is 2. The van der Waals surface area contributed by atoms with E-state index in [4.69, 9.17) is 5.11 Å². The Balaban J connectivity index is 2.33. The molecule has 1 aliphatic carbocycles. The number of amides is 1. The van der Waals surface area contributed by atoms with Crippen molar-refractivity contribution in [3.05, 3.63) is 0 Å². The number of carboxylic acid groups (broad SMARTS) is 1. The van der Waals surface area contributed by atoms with E-state index in [0.717, 1.165) is 19.3 Å². The van der Waals surface area contributed by atoms with Crippen molar-refractivity contribution in [2.75, 3.05) is 6.54 Å². The quantitative estimate of drug-likeness (QED) is 0.769. The van der Waals surface area contributed by atoms with Crippen LogP contribution in [-0.2, 0) is 9.59 Å². The largest absolute Gasteiger partial charge is 0.481 e. The molecule has 1 fully saturated rings. The van der Waals surface area contributed by atoms with Crippen LogP contribution in [0.25, 0.3) is 0 Å². The fourth-order valence-corrected chi connectivity index (χ4v) is 2.36. The maximum Gasteiger partial charge on any atom is 0.305 e. The minimum absolute atomic E-state index is 0.00184. The van der Waals surface area contributed by atoms with Crippen LogP contribution >= 0.6 is 0 Å². The van der Waals surface area contributed by atoms with E-state index in [1.165, 1.54) is 6.42 Å². The van der Waals surface area contributed by atoms with Gasteiger partial charge in [0.1, 0.15) is 0 Å². The fourth-order valence-electron chi connectivity index (χ4n) is 2.36. The van der Waals surface area contributed by atoms with Crippen molar-refractivity contribution in [1.29, 1.82) is 0 Å². The van der Waals surface area contributed by atoms with E-state index in [-0.39, 0.29) is 30.2 Å². The molecule has 0 aromatic carbocycles. The highest BCUT2D eigenvalue weighted by Gasteiger charge is 2.31. The number of carbonyl (C=O) groups excluding carboxylic acids is 1. The molecule has 1 aliphatic rings. The summed E-state index contributed by atoms with van der Waals surface area (Å²) in [5.41, 5.74) is 0.243. The monoisotopic (exact) mass is 227 g/mol. The molecular formula is C12H21NO3. The van der Waals surface area contributed by atoms with Crippen LogP contribution in [0.3, 0.4) is 0 Å². The summed E-state index contributed by atoms with van der Waals surface area (Å²) in [6, 6.07) is 0. The van der Waals surface area contributed by atoms with E-state index in [2.05, 4.69) is 19.2 Å². The lowest BCUT2D eigenvalue weighted by molar-refractivity contribution is -0.137. The number of aliphatic carboxylic acids is 1. The molecule has 0 spiro atoms. The Bertz CT molecular complexity index is 273. The Morgan fingerprint density at radius 2 is 2.12 bits per heavy atom. The molecule has 92 valence electrons. The van der Waals surface area contributed by atoms with Crippen LogP contribution in [0.15, 0.2) is 0 Å². The van der Waals surface area contributed by atoms with E-state index in [0.29, 0.717) is 0 Å². The van der Waals surface area contributed by atoms with Crippen molar-refractivity contribution in [3.8, 4) is 0 Å². The molecule has 4 heteroatoms. The molecule has 1 unspecified atom stereocenters. The zero-order chi connectivity index (χ0) is 12.2. The summed E-state index contributed by atoms with van der Waals surface area (Å²) in [4.78, 5) is 22.1. The first-order valence-electron chi connectivity index (χ1n) is 5.90. The highest BCUT2D eigenvalue weighted by molar-refractivity contribution is 5.79. The first-order valence-corrected chi connectivity index (χ1v) is 5.90. The third-order valence-electron chi connectivity index (χ3n) is 3.21. The molecule has 0 aromatic heterocycles. The molecule has 1 atom stereocenters. The van der Waals surface area contributed by atoms with Gasteiger partial charge >= 0.3 is 5.97 Å². The molecule has 0 heterocycles. The van der Waals surface area contributed by atoms with Gasteiger partial charge in [-0.25, -0.2) is 0 Å². The molecule has 0 bridgehead atoms. The normalized spacial score (nSPS) is 23.8. The van der Waals surface area contributed by atoms with Gasteiger partial charge in [0.2, 0.25) is 5.91 Å². The van der Waals surface area contributed by atoms with Gasteiger partial charge in [-0.1, -0.05) is 20.3 Å². The van der Waals surface area contributed by atoms with Crippen LogP contribution in [0.4, 0.5) is 0 Å². The maximum atomic E-state index is 11.8. The highest BCUT2D eigenvalue weighted by atomic mass is 16.4. The summed E-state index contributed by atoms with van der Waals surface area (Å²) in [5, 5.41) is 11.2. The number of hydrogen-bond acceptors (Lipinski definition) is 2. The van der Waals surface area contributed by atoms with Crippen molar-refractivity contribution in [2.45, 2.75) is 46.0 Å². The first kappa shape index (κ1) is 13.0. The molecule has 0 saturated heterocycles. The number of nitrogens with one attached hydrogen (secondary N) is 1. The molecule has 1 saturated carbocycles. The molecule has 4 nitrogen and oxygen atoms in total. The summed E-state index contributed by atoms with van der Waals surface area (Å²) in [6.07, 6.45) is 4.10. The van der Waals surface area contributed by atoms with Crippen molar-refractivity contribution >= 4 is 11.9 Å². The van der Waals surface area contributed by atoms with E-state index in [9.17, 15) is 9.59 Å². The Kier molecular flexibility index (Phi) is 4.33. The Hall–Kier alpha value is -1.06. The number of carboxylic acids is 1. The van der Waals surface area contributed by atoms with Gasteiger partial charge in [0.15, 0.2) is 0 Å². The van der Waals surface area contributed by atoms with Crippen molar-refractivity contribution in [1.82, 2.24) is 5.32 Å². The SMILES string of the molecule is CC1(C)CCCC(C(=O)NCCC(=O)O)C1. The minimum Gasteiger partial charge on any atom is -0.481 e. The summed E-state index contributed by atoms with van der Waals surface area (Å²) < 4.78 is 0. The van der Waals surface area contributed by atoms with Crippen LogP contribution in [0.5, 0.6) is 0 Å². The smallest absolute Gasteiger partial charge is 0.305 e. The Morgan fingerprint density at radius 3 is 2.69 bits per heavy atom. The van der Waals surface area contributed by atoms with Crippen LogP contribution < -0.4 is 5.32 Å². The predicted octanol–water partition coefficient (Wildman–Crippen LogP) is 1.79. The first-order chi connectivity index (χ1) is 7.41. The van der Waals surface area contributed by atoms with E-state index >= 15 is 0 Å². The van der Waals surface area contributed by atoms with Crippen LogP contribution in [0, 0.1) is 11.3 Å². The van der Waals surface area contributed by atoms with Gasteiger partial charge in [0, 0.05) is 12.5 Å². The molecule has 1 rings (SSSR count). The summed E-state index contributed by atoms with van der Waals surface area (Å²) in [5.74, 6) is -0.782. The summed E-state index contributed by atoms with van der Waals surface area (Å²) in [7, 11) is 0. The average molecular weight is 227 g/mol. The van der Waals surface area contributed by atoms with Gasteiger partial charge < -0.3 is 10.4 Å². The lowest BCUT2D eigenvalue weighted by Crippen LogP contribution is -2.36. The second kappa shape index (κ2) is 5.32. The topological polar surface area (TPSA) is 66.4 Å². The predicted molar refractivity (Wildman–Crippen MR) is 61.0 cm³/mol. The van der Waals surface area contributed by atoms with Gasteiger partial charge in [0.05, 0.1) is 6.42 Å². The molecule has 2 N–H and O–H groups in total. The Labute approximate surface area is 96.4 Å². The van der Waals surface area contributed by atoms with Crippen molar-refractivity contribution in [3.63, 3.8) is 0 Å². The average Bonchev–Trinajstić information content (AvgIpc) is 2.15. The third-order valence-corrected chi connectivity index (χ3v) is 3.21. The molecule has 0 aliphatic heterocycles. The van der Waals surface area contributed by atoms with E-state index in [1.54, 1.807) is 0 Å². The molecule has 0 radical (unpaired) electrons. The van der Waals surface area contributed by atoms with Crippen molar-refractivity contribution < 1.29 is 14.7 Å². The summed E-state index contributed by atoms with van der Waals surface area (Å²) in [6.45, 7) is 4.61. The number of carbonyl (C=O) groups is 2. The van der Waals surface area contributed by atoms with Crippen LogP contribution in [0.2, 0.25) is 0 Å². The van der Waals surface area contributed by atoms with Gasteiger partial charge in [-0.05, 0) is 24.7 Å². The van der Waals surface area contributed by atoms with Gasteiger partial charge in [-0.15, -0.1) is 0 Å². The van der Waals surface area contributed by atoms with Gasteiger partial charge in [-0.2, -0.15) is 0 Å². The van der Waals surface area contributed by atoms with Gasteiger partial charge in [-0.3, -0.25) is 9.59 Å². The molecular weight excluding hydrogens is 206 g/mol. The van der Waals surface area contributed by atoms with Gasteiger partial charge in [0.25, 0.3) is 0 Å². The number of rotatable bonds is 4. The summed E-state index contributed by atoms with van der Waals surface area (Å²) >= 11 is 0. The molecule has 0 aromatic rings. The Morgan fingerprint density at radius 1 is 1.44 bits per heavy atom. The zero-order valence-corrected chi connectivity index (χ0v) is 10.1. The lowest BCUT2D eigenvalue weighted by Gasteiger charge is -2.34. The molecule has 16 heavy (non-hydrogen) atoms. The standard InChI is InChI=1S/C12H21NO3/c1-12(2)6-3-4-9(8-12)11(16)13-7-5-10(14)15/h9H,3-8H2,1-2H3,(H,13,16)(H,14,15). The second-order valence-electron chi connectivity index (χ2n) is 5.39. The second-order valence-corrected chi connectivity index (χ2v) is 5.39. The van der Waals surface area contributed by atoms with Crippen LogP contribution in [0.1, 0.15) is 46.0 Å². The highest BCUT2D eigenvalue weighted by Crippen LogP contribution is 2.38. The molecule has 1 amide bonds. The lowest BCUT2D eigenvalue weighted by atomic mass is 9.72. The van der Waals surface area contributed by atoms with E-state index < -0.39 is 5.97 Å². The van der Waals surface area contributed by atoms with Crippen LogP contribution in [-0.4, -0.2) is 23.5 Å². The van der Waals surface area contributed by atoms with Crippen molar-refractivity contribution in [2.24, 2.45) is 11.3 Å². The minimum atomic E-state index is -0.871. The maximum absolute atomic E-state index is 11.8. The third kappa shape index (κ3) is 4.21. The van der Waals surface area contributed by atoms with E-state index in [1.807, 2.05) is 0 Å². The fraction of sp³-hybridized carbons (Fsp3) is 0.833.